The number of rotatable bonds is 1. The predicted molar refractivity (Wildman–Crippen MR) is 51.8 cm³/mol. The average Bonchev–Trinajstić information content (AvgIpc) is 1.97. The van der Waals surface area contributed by atoms with Crippen molar-refractivity contribution in [2.45, 2.75) is 13.5 Å². The molecule has 0 aliphatic carbocycles. The van der Waals surface area contributed by atoms with Gasteiger partial charge in [-0.3, -0.25) is 0 Å². The molecule has 60 valence electrons. The van der Waals surface area contributed by atoms with Crippen LogP contribution in [0.4, 0.5) is 0 Å². The first-order valence-corrected chi connectivity index (χ1v) is 4.47. The molecule has 0 unspecified atom stereocenters. The molecule has 0 fully saturated rings. The molecule has 0 radical (unpaired) electrons. The number of aryl methyl sites for hydroxylation is 1. The maximum atomic E-state index is 5.89. The molecule has 1 rings (SSSR count). The van der Waals surface area contributed by atoms with E-state index in [0.29, 0.717) is 6.54 Å². The van der Waals surface area contributed by atoms with Crippen LogP contribution in [0.1, 0.15) is 11.1 Å². The third kappa shape index (κ3) is 1.95. The Hall–Kier alpha value is -0.0500. The minimum absolute atomic E-state index is 0.514. The second-order valence-electron chi connectivity index (χ2n) is 2.40. The fraction of sp³-hybridized carbons (Fsp3) is 0.250. The average molecular weight is 235 g/mol. The first-order valence-electron chi connectivity index (χ1n) is 3.29. The Labute approximate surface area is 79.7 Å². The van der Waals surface area contributed by atoms with Gasteiger partial charge >= 0.3 is 0 Å². The van der Waals surface area contributed by atoms with Gasteiger partial charge in [0.25, 0.3) is 0 Å². The van der Waals surface area contributed by atoms with Crippen molar-refractivity contribution < 1.29 is 0 Å². The lowest BCUT2D eigenvalue weighted by Gasteiger charge is -2.03. The molecule has 0 bridgehead atoms. The molecule has 0 amide bonds. The molecule has 1 aromatic rings. The summed E-state index contributed by atoms with van der Waals surface area (Å²) >= 11 is 9.29. The second kappa shape index (κ2) is 3.57. The van der Waals surface area contributed by atoms with Gasteiger partial charge in [-0.15, -0.1) is 0 Å². The van der Waals surface area contributed by atoms with Crippen molar-refractivity contribution in [2.24, 2.45) is 5.73 Å². The standard InChI is InChI=1S/C8H9BrClN/c1-5-2-7(9)6(4-11)3-8(5)10/h2-3H,4,11H2,1H3. The van der Waals surface area contributed by atoms with Crippen molar-refractivity contribution in [1.29, 1.82) is 0 Å². The van der Waals surface area contributed by atoms with Gasteiger partial charge in [0.1, 0.15) is 0 Å². The molecule has 11 heavy (non-hydrogen) atoms. The maximum Gasteiger partial charge on any atom is 0.0439 e. The van der Waals surface area contributed by atoms with Gasteiger partial charge in [0.15, 0.2) is 0 Å². The zero-order valence-corrected chi connectivity index (χ0v) is 8.54. The Morgan fingerprint density at radius 1 is 1.55 bits per heavy atom. The number of hydrogen-bond donors (Lipinski definition) is 1. The summed E-state index contributed by atoms with van der Waals surface area (Å²) < 4.78 is 1.03. The van der Waals surface area contributed by atoms with E-state index in [1.165, 1.54) is 0 Å². The lowest BCUT2D eigenvalue weighted by molar-refractivity contribution is 1.06. The van der Waals surface area contributed by atoms with E-state index >= 15 is 0 Å². The molecule has 1 aromatic carbocycles. The van der Waals surface area contributed by atoms with Gasteiger partial charge in [-0.1, -0.05) is 27.5 Å². The van der Waals surface area contributed by atoms with Crippen LogP contribution >= 0.6 is 27.5 Å². The lowest BCUT2D eigenvalue weighted by atomic mass is 10.1. The quantitative estimate of drug-likeness (QED) is 0.794. The molecule has 0 aliphatic heterocycles. The highest BCUT2D eigenvalue weighted by Gasteiger charge is 2.01. The number of benzene rings is 1. The Balaban J connectivity index is 3.21. The van der Waals surface area contributed by atoms with Crippen LogP contribution in [0.15, 0.2) is 16.6 Å². The molecule has 2 N–H and O–H groups in total. The van der Waals surface area contributed by atoms with Gasteiger partial charge in [0.05, 0.1) is 0 Å². The van der Waals surface area contributed by atoms with Gasteiger partial charge in [0.2, 0.25) is 0 Å². The van der Waals surface area contributed by atoms with E-state index in [2.05, 4.69) is 15.9 Å². The number of hydrogen-bond acceptors (Lipinski definition) is 1. The highest BCUT2D eigenvalue weighted by molar-refractivity contribution is 9.10. The first kappa shape index (κ1) is 9.04. The van der Waals surface area contributed by atoms with Crippen LogP contribution in [0, 0.1) is 6.92 Å². The summed E-state index contributed by atoms with van der Waals surface area (Å²) in [7, 11) is 0. The van der Waals surface area contributed by atoms with E-state index in [9.17, 15) is 0 Å². The van der Waals surface area contributed by atoms with Crippen molar-refractivity contribution in [3.05, 3.63) is 32.8 Å². The van der Waals surface area contributed by atoms with Crippen molar-refractivity contribution in [3.8, 4) is 0 Å². The lowest BCUT2D eigenvalue weighted by Crippen LogP contribution is -1.97. The van der Waals surface area contributed by atoms with E-state index < -0.39 is 0 Å². The van der Waals surface area contributed by atoms with Crippen molar-refractivity contribution in [2.75, 3.05) is 0 Å². The van der Waals surface area contributed by atoms with Crippen LogP contribution in [0.25, 0.3) is 0 Å². The molecular weight excluding hydrogens is 225 g/mol. The minimum atomic E-state index is 0.514. The molecule has 0 aromatic heterocycles. The van der Waals surface area contributed by atoms with E-state index in [1.807, 2.05) is 19.1 Å². The number of halogens is 2. The predicted octanol–water partition coefficient (Wildman–Crippen LogP) is 2.87. The molecule has 0 saturated carbocycles. The van der Waals surface area contributed by atoms with Crippen LogP contribution in [-0.4, -0.2) is 0 Å². The molecule has 0 atom stereocenters. The summed E-state index contributed by atoms with van der Waals surface area (Å²) in [5.41, 5.74) is 7.59. The fourth-order valence-corrected chi connectivity index (χ4v) is 1.65. The third-order valence-corrected chi connectivity index (χ3v) is 2.69. The molecular formula is C8H9BrClN. The van der Waals surface area contributed by atoms with Gasteiger partial charge in [-0.25, -0.2) is 0 Å². The van der Waals surface area contributed by atoms with Crippen LogP contribution in [0.5, 0.6) is 0 Å². The van der Waals surface area contributed by atoms with E-state index in [4.69, 9.17) is 17.3 Å². The number of nitrogens with two attached hydrogens (primary N) is 1. The summed E-state index contributed by atoms with van der Waals surface area (Å²) in [6, 6.07) is 3.87. The Kier molecular flexibility index (Phi) is 2.93. The highest BCUT2D eigenvalue weighted by Crippen LogP contribution is 2.24. The summed E-state index contributed by atoms with van der Waals surface area (Å²) in [5.74, 6) is 0. The molecule has 3 heteroatoms. The van der Waals surface area contributed by atoms with E-state index in [0.717, 1.165) is 20.6 Å². The summed E-state index contributed by atoms with van der Waals surface area (Å²) in [5, 5.41) is 0.772. The Morgan fingerprint density at radius 3 is 2.73 bits per heavy atom. The fourth-order valence-electron chi connectivity index (χ4n) is 0.844. The van der Waals surface area contributed by atoms with E-state index in [-0.39, 0.29) is 0 Å². The summed E-state index contributed by atoms with van der Waals surface area (Å²) in [4.78, 5) is 0. The molecule has 0 spiro atoms. The Bertz CT molecular complexity index is 273. The topological polar surface area (TPSA) is 26.0 Å². The van der Waals surface area contributed by atoms with Gasteiger partial charge in [0, 0.05) is 16.0 Å². The van der Waals surface area contributed by atoms with Crippen LogP contribution in [-0.2, 0) is 6.54 Å². The monoisotopic (exact) mass is 233 g/mol. The first-order chi connectivity index (χ1) is 5.15. The van der Waals surface area contributed by atoms with Gasteiger partial charge < -0.3 is 5.73 Å². The largest absolute Gasteiger partial charge is 0.326 e. The minimum Gasteiger partial charge on any atom is -0.326 e. The highest BCUT2D eigenvalue weighted by atomic mass is 79.9. The summed E-state index contributed by atoms with van der Waals surface area (Å²) in [6.45, 7) is 2.48. The third-order valence-electron chi connectivity index (χ3n) is 1.55. The molecule has 0 aliphatic rings. The smallest absolute Gasteiger partial charge is 0.0439 e. The Morgan fingerprint density at radius 2 is 2.18 bits per heavy atom. The maximum absolute atomic E-state index is 5.89. The molecule has 1 nitrogen and oxygen atoms in total. The second-order valence-corrected chi connectivity index (χ2v) is 3.66. The van der Waals surface area contributed by atoms with Crippen LogP contribution in [0.3, 0.4) is 0 Å². The molecule has 0 saturated heterocycles. The van der Waals surface area contributed by atoms with Crippen molar-refractivity contribution >= 4 is 27.5 Å². The zero-order valence-electron chi connectivity index (χ0n) is 6.20. The van der Waals surface area contributed by atoms with Gasteiger partial charge in [-0.2, -0.15) is 0 Å². The normalized spacial score (nSPS) is 10.2. The van der Waals surface area contributed by atoms with Gasteiger partial charge in [-0.05, 0) is 30.2 Å². The van der Waals surface area contributed by atoms with E-state index in [1.54, 1.807) is 0 Å². The SMILES string of the molecule is Cc1cc(Br)c(CN)cc1Cl. The van der Waals surface area contributed by atoms with Crippen LogP contribution < -0.4 is 5.73 Å². The van der Waals surface area contributed by atoms with Crippen molar-refractivity contribution in [1.82, 2.24) is 0 Å². The molecule has 0 heterocycles. The summed E-state index contributed by atoms with van der Waals surface area (Å²) in [6.07, 6.45) is 0. The van der Waals surface area contributed by atoms with Crippen molar-refractivity contribution in [3.63, 3.8) is 0 Å². The van der Waals surface area contributed by atoms with Crippen LogP contribution in [0.2, 0.25) is 5.02 Å². The zero-order chi connectivity index (χ0) is 8.43.